The van der Waals surface area contributed by atoms with Crippen molar-refractivity contribution in [3.05, 3.63) is 28.3 Å². The van der Waals surface area contributed by atoms with Gasteiger partial charge in [-0.05, 0) is 26.2 Å². The number of hydrogen-bond donors (Lipinski definition) is 1. The highest BCUT2D eigenvalue weighted by molar-refractivity contribution is 7.91. The first-order chi connectivity index (χ1) is 9.66. The first-order valence-corrected chi connectivity index (χ1v) is 7.40. The largest absolute Gasteiger partial charge is 0.378 e. The summed E-state index contributed by atoms with van der Waals surface area (Å²) in [6.07, 6.45) is 0. The van der Waals surface area contributed by atoms with Crippen LogP contribution in [0, 0.1) is 10.1 Å². The Labute approximate surface area is 120 Å². The topological polar surface area (TPSA) is 92.6 Å². The van der Waals surface area contributed by atoms with Crippen LogP contribution in [-0.2, 0) is 9.84 Å². The lowest BCUT2D eigenvalue weighted by Gasteiger charge is -2.12. The number of rotatable bonds is 7. The van der Waals surface area contributed by atoms with Gasteiger partial charge in [-0.1, -0.05) is 0 Å². The zero-order valence-electron chi connectivity index (χ0n) is 11.4. The van der Waals surface area contributed by atoms with Gasteiger partial charge in [-0.25, -0.2) is 8.42 Å². The van der Waals surface area contributed by atoms with Gasteiger partial charge in [-0.15, -0.1) is 0 Å². The fourth-order valence-electron chi connectivity index (χ4n) is 1.51. The van der Waals surface area contributed by atoms with Crippen LogP contribution < -0.4 is 5.32 Å². The molecule has 0 fully saturated rings. The van der Waals surface area contributed by atoms with E-state index in [-0.39, 0.29) is 5.69 Å². The second-order valence-corrected chi connectivity index (χ2v) is 6.39. The highest BCUT2D eigenvalue weighted by atomic mass is 32.2. The van der Waals surface area contributed by atoms with Gasteiger partial charge in [-0.2, -0.15) is 8.78 Å². The fraction of sp³-hybridized carbons (Fsp3) is 0.455. The number of alkyl halides is 2. The molecule has 0 spiro atoms. The van der Waals surface area contributed by atoms with Crippen LogP contribution in [0.4, 0.5) is 20.2 Å². The Hall–Kier alpha value is -1.81. The van der Waals surface area contributed by atoms with Gasteiger partial charge in [-0.3, -0.25) is 10.1 Å². The third-order valence-electron chi connectivity index (χ3n) is 2.60. The molecule has 0 bridgehead atoms. The predicted octanol–water partition coefficient (Wildman–Crippen LogP) is 1.56. The lowest BCUT2D eigenvalue weighted by Crippen LogP contribution is -2.21. The van der Waals surface area contributed by atoms with E-state index in [9.17, 15) is 27.3 Å². The number of nitrogens with zero attached hydrogens (tertiary/aromatic N) is 2. The Balaban J connectivity index is 3.11. The number of halogens is 2. The number of likely N-dealkylation sites (N-methyl/N-ethyl adjacent to an activating group) is 1. The van der Waals surface area contributed by atoms with Gasteiger partial charge in [0.05, 0.1) is 9.82 Å². The highest BCUT2D eigenvalue weighted by Gasteiger charge is 2.29. The van der Waals surface area contributed by atoms with E-state index >= 15 is 0 Å². The molecule has 0 aliphatic rings. The summed E-state index contributed by atoms with van der Waals surface area (Å²) < 4.78 is 47.5. The number of nitro benzene ring substituents is 1. The molecule has 1 N–H and O–H groups in total. The molecule has 0 amide bonds. The second-order valence-electron chi connectivity index (χ2n) is 4.47. The molecule has 0 radical (unpaired) electrons. The highest BCUT2D eigenvalue weighted by Crippen LogP contribution is 2.29. The Kier molecular flexibility index (Phi) is 5.55. The number of anilines is 1. The Morgan fingerprint density at radius 2 is 2.00 bits per heavy atom. The SMILES string of the molecule is CN(C)CCNc1ccc(S(=O)(=O)C(F)F)cc1[N+](=O)[O-]. The van der Waals surface area contributed by atoms with Crippen molar-refractivity contribution in [1.82, 2.24) is 4.90 Å². The fourth-order valence-corrected chi connectivity index (χ4v) is 2.25. The van der Waals surface area contributed by atoms with E-state index < -0.39 is 31.1 Å². The van der Waals surface area contributed by atoms with E-state index in [1.807, 2.05) is 19.0 Å². The molecule has 0 aromatic heterocycles. The van der Waals surface area contributed by atoms with E-state index in [0.29, 0.717) is 19.2 Å². The maximum atomic E-state index is 12.4. The third-order valence-corrected chi connectivity index (χ3v) is 3.98. The molecular weight excluding hydrogens is 308 g/mol. The van der Waals surface area contributed by atoms with Crippen molar-refractivity contribution >= 4 is 21.2 Å². The van der Waals surface area contributed by atoms with Crippen LogP contribution in [0.5, 0.6) is 0 Å². The molecule has 21 heavy (non-hydrogen) atoms. The Morgan fingerprint density at radius 1 is 1.38 bits per heavy atom. The van der Waals surface area contributed by atoms with Crippen LogP contribution in [0.2, 0.25) is 0 Å². The summed E-state index contributed by atoms with van der Waals surface area (Å²) in [7, 11) is -1.23. The molecule has 1 aromatic rings. The molecule has 0 aliphatic carbocycles. The molecule has 0 saturated carbocycles. The summed E-state index contributed by atoms with van der Waals surface area (Å²) in [6, 6.07) is 2.68. The minimum Gasteiger partial charge on any atom is -0.378 e. The number of hydrogen-bond acceptors (Lipinski definition) is 6. The smallest absolute Gasteiger partial charge is 0.341 e. The number of nitro groups is 1. The van der Waals surface area contributed by atoms with Crippen LogP contribution in [0.25, 0.3) is 0 Å². The zero-order valence-corrected chi connectivity index (χ0v) is 12.2. The molecule has 0 unspecified atom stereocenters. The van der Waals surface area contributed by atoms with E-state index in [1.54, 1.807) is 0 Å². The zero-order chi connectivity index (χ0) is 16.2. The van der Waals surface area contributed by atoms with Crippen molar-refractivity contribution in [2.24, 2.45) is 0 Å². The molecule has 1 rings (SSSR count). The van der Waals surface area contributed by atoms with Gasteiger partial charge >= 0.3 is 5.76 Å². The average Bonchev–Trinajstić information content (AvgIpc) is 2.37. The molecule has 0 aliphatic heterocycles. The minimum absolute atomic E-state index is 0.0788. The van der Waals surface area contributed by atoms with Crippen molar-refractivity contribution in [3.8, 4) is 0 Å². The van der Waals surface area contributed by atoms with Crippen LogP contribution in [0.3, 0.4) is 0 Å². The normalized spacial score (nSPS) is 11.9. The Morgan fingerprint density at radius 3 is 2.48 bits per heavy atom. The maximum Gasteiger partial charge on any atom is 0.341 e. The molecule has 1 aromatic carbocycles. The van der Waals surface area contributed by atoms with E-state index in [2.05, 4.69) is 5.32 Å². The van der Waals surface area contributed by atoms with Gasteiger partial charge in [0, 0.05) is 19.2 Å². The lowest BCUT2D eigenvalue weighted by atomic mass is 10.2. The average molecular weight is 323 g/mol. The minimum atomic E-state index is -4.86. The van der Waals surface area contributed by atoms with Crippen molar-refractivity contribution in [2.75, 3.05) is 32.5 Å². The molecule has 7 nitrogen and oxygen atoms in total. The maximum absolute atomic E-state index is 12.4. The summed E-state index contributed by atoms with van der Waals surface area (Å²) in [5.41, 5.74) is -0.481. The molecule has 118 valence electrons. The first kappa shape index (κ1) is 17.2. The van der Waals surface area contributed by atoms with Crippen LogP contribution in [0.15, 0.2) is 23.1 Å². The summed E-state index contributed by atoms with van der Waals surface area (Å²) in [5, 5.41) is 13.7. The van der Waals surface area contributed by atoms with E-state index in [1.165, 1.54) is 0 Å². The van der Waals surface area contributed by atoms with Gasteiger partial charge < -0.3 is 10.2 Å². The molecule has 10 heteroatoms. The molecule has 0 heterocycles. The van der Waals surface area contributed by atoms with Crippen molar-refractivity contribution in [2.45, 2.75) is 10.7 Å². The van der Waals surface area contributed by atoms with Gasteiger partial charge in [0.15, 0.2) is 0 Å². The summed E-state index contributed by atoms with van der Waals surface area (Å²) in [4.78, 5) is 11.2. The third kappa shape index (κ3) is 4.33. The molecule has 0 saturated heterocycles. The predicted molar refractivity (Wildman–Crippen MR) is 73.3 cm³/mol. The molecular formula is C11H15F2N3O4S. The van der Waals surface area contributed by atoms with Crippen molar-refractivity contribution in [3.63, 3.8) is 0 Å². The summed E-state index contributed by atoms with van der Waals surface area (Å²) in [5.74, 6) is -3.62. The van der Waals surface area contributed by atoms with Gasteiger partial charge in [0.25, 0.3) is 5.69 Å². The lowest BCUT2D eigenvalue weighted by molar-refractivity contribution is -0.384. The number of benzene rings is 1. The monoisotopic (exact) mass is 323 g/mol. The standard InChI is InChI=1S/C11H15F2N3O4S/c1-15(2)6-5-14-9-4-3-8(7-10(9)16(17)18)21(19,20)11(12)13/h3-4,7,11,14H,5-6H2,1-2H3. The number of sulfone groups is 1. The van der Waals surface area contributed by atoms with Gasteiger partial charge in [0.2, 0.25) is 9.84 Å². The van der Waals surface area contributed by atoms with Crippen LogP contribution in [0.1, 0.15) is 0 Å². The number of nitrogens with one attached hydrogen (secondary N) is 1. The van der Waals surface area contributed by atoms with Crippen LogP contribution >= 0.6 is 0 Å². The second kappa shape index (κ2) is 6.76. The Bertz CT molecular complexity index is 620. The van der Waals surface area contributed by atoms with Crippen molar-refractivity contribution < 1.29 is 22.1 Å². The van der Waals surface area contributed by atoms with E-state index in [0.717, 1.165) is 12.1 Å². The molecule has 0 atom stereocenters. The first-order valence-electron chi connectivity index (χ1n) is 5.85. The summed E-state index contributed by atoms with van der Waals surface area (Å²) >= 11 is 0. The van der Waals surface area contributed by atoms with E-state index in [4.69, 9.17) is 0 Å². The van der Waals surface area contributed by atoms with Crippen molar-refractivity contribution in [1.29, 1.82) is 0 Å². The summed E-state index contributed by atoms with van der Waals surface area (Å²) in [6.45, 7) is 0.975. The quantitative estimate of drug-likeness (QED) is 0.605. The van der Waals surface area contributed by atoms with Crippen LogP contribution in [-0.4, -0.2) is 51.2 Å². The van der Waals surface area contributed by atoms with Gasteiger partial charge in [0.1, 0.15) is 5.69 Å².